The predicted octanol–water partition coefficient (Wildman–Crippen LogP) is 3.70. The van der Waals surface area contributed by atoms with Crippen molar-refractivity contribution in [1.82, 2.24) is 10.3 Å². The highest BCUT2D eigenvalue weighted by Gasteiger charge is 2.32. The van der Waals surface area contributed by atoms with Crippen molar-refractivity contribution in [3.63, 3.8) is 0 Å². The normalized spacial score (nSPS) is 25.5. The van der Waals surface area contributed by atoms with Gasteiger partial charge in [0.1, 0.15) is 0 Å². The average molecular weight is 232 g/mol. The minimum atomic E-state index is 0.395. The average Bonchev–Trinajstić information content (AvgIpc) is 2.33. The van der Waals surface area contributed by atoms with E-state index < -0.39 is 0 Å². The summed E-state index contributed by atoms with van der Waals surface area (Å²) in [5.41, 5.74) is 1.71. The summed E-state index contributed by atoms with van der Waals surface area (Å²) in [5, 5.41) is 3.79. The third kappa shape index (κ3) is 3.06. The minimum absolute atomic E-state index is 0.395. The van der Waals surface area contributed by atoms with E-state index in [2.05, 4.69) is 37.1 Å². The molecule has 0 radical (unpaired) electrons. The quantitative estimate of drug-likeness (QED) is 0.859. The number of hydrogen-bond donors (Lipinski definition) is 1. The maximum Gasteiger partial charge on any atom is 0.0315 e. The molecule has 0 aliphatic heterocycles. The molecule has 2 atom stereocenters. The van der Waals surface area contributed by atoms with Gasteiger partial charge in [0, 0.05) is 24.5 Å². The second kappa shape index (κ2) is 5.18. The second-order valence-electron chi connectivity index (χ2n) is 5.96. The van der Waals surface area contributed by atoms with Crippen molar-refractivity contribution < 1.29 is 0 Å². The highest BCUT2D eigenvalue weighted by molar-refractivity contribution is 5.13. The third-order valence-electron chi connectivity index (χ3n) is 4.14. The van der Waals surface area contributed by atoms with E-state index in [-0.39, 0.29) is 0 Å². The summed E-state index contributed by atoms with van der Waals surface area (Å²) in [5.74, 6) is 0. The summed E-state index contributed by atoms with van der Waals surface area (Å²) in [6.45, 7) is 7.02. The molecule has 1 aliphatic carbocycles. The molecule has 2 rings (SSSR count). The predicted molar refractivity (Wildman–Crippen MR) is 71.8 cm³/mol. The minimum Gasteiger partial charge on any atom is -0.307 e. The van der Waals surface area contributed by atoms with E-state index in [0.717, 1.165) is 0 Å². The maximum absolute atomic E-state index is 4.20. The summed E-state index contributed by atoms with van der Waals surface area (Å²) >= 11 is 0. The van der Waals surface area contributed by atoms with Crippen LogP contribution in [0.4, 0.5) is 0 Å². The van der Waals surface area contributed by atoms with Gasteiger partial charge in [-0.1, -0.05) is 32.8 Å². The lowest BCUT2D eigenvalue weighted by atomic mass is 9.73. The van der Waals surface area contributed by atoms with Crippen LogP contribution in [0.1, 0.15) is 58.1 Å². The number of rotatable bonds is 3. The first-order chi connectivity index (χ1) is 8.09. The Morgan fingerprint density at radius 1 is 1.41 bits per heavy atom. The van der Waals surface area contributed by atoms with Crippen LogP contribution in [0, 0.1) is 5.41 Å². The fourth-order valence-electron chi connectivity index (χ4n) is 2.83. The van der Waals surface area contributed by atoms with E-state index >= 15 is 0 Å². The summed E-state index contributed by atoms with van der Waals surface area (Å²) in [6, 6.07) is 5.19. The van der Waals surface area contributed by atoms with Gasteiger partial charge in [0.2, 0.25) is 0 Å². The van der Waals surface area contributed by atoms with Crippen molar-refractivity contribution in [1.29, 1.82) is 0 Å². The Hall–Kier alpha value is -0.890. The maximum atomic E-state index is 4.20. The SMILES string of the molecule is CC(NC1CCCCC1(C)C)c1cccnc1. The number of nitrogens with zero attached hydrogens (tertiary/aromatic N) is 1. The Morgan fingerprint density at radius 3 is 2.88 bits per heavy atom. The van der Waals surface area contributed by atoms with Gasteiger partial charge in [-0.2, -0.15) is 0 Å². The fourth-order valence-corrected chi connectivity index (χ4v) is 2.83. The van der Waals surface area contributed by atoms with E-state index in [9.17, 15) is 0 Å². The van der Waals surface area contributed by atoms with Crippen molar-refractivity contribution in [2.24, 2.45) is 5.41 Å². The van der Waals surface area contributed by atoms with Gasteiger partial charge in [0.05, 0.1) is 0 Å². The molecular formula is C15H24N2. The largest absolute Gasteiger partial charge is 0.307 e. The van der Waals surface area contributed by atoms with Crippen molar-refractivity contribution in [3.8, 4) is 0 Å². The lowest BCUT2D eigenvalue weighted by Gasteiger charge is -2.40. The number of nitrogens with one attached hydrogen (secondary N) is 1. The first kappa shape index (κ1) is 12.6. The smallest absolute Gasteiger partial charge is 0.0315 e. The van der Waals surface area contributed by atoms with E-state index in [1.165, 1.54) is 31.2 Å². The Morgan fingerprint density at radius 2 is 2.24 bits per heavy atom. The first-order valence-corrected chi connectivity index (χ1v) is 6.75. The molecule has 94 valence electrons. The van der Waals surface area contributed by atoms with Gasteiger partial charge >= 0.3 is 0 Å². The zero-order valence-corrected chi connectivity index (χ0v) is 11.2. The molecule has 1 aliphatic rings. The highest BCUT2D eigenvalue weighted by Crippen LogP contribution is 2.36. The lowest BCUT2D eigenvalue weighted by molar-refractivity contribution is 0.157. The third-order valence-corrected chi connectivity index (χ3v) is 4.14. The van der Waals surface area contributed by atoms with Crippen LogP contribution >= 0.6 is 0 Å². The van der Waals surface area contributed by atoms with Gasteiger partial charge in [0.15, 0.2) is 0 Å². The number of pyridine rings is 1. The number of hydrogen-bond acceptors (Lipinski definition) is 2. The molecule has 1 saturated carbocycles. The van der Waals surface area contributed by atoms with E-state index in [1.54, 1.807) is 0 Å². The lowest BCUT2D eigenvalue weighted by Crippen LogP contribution is -2.45. The van der Waals surface area contributed by atoms with Crippen LogP contribution in [0.25, 0.3) is 0 Å². The summed E-state index contributed by atoms with van der Waals surface area (Å²) in [4.78, 5) is 4.20. The van der Waals surface area contributed by atoms with Gasteiger partial charge in [-0.05, 0) is 36.8 Å². The molecule has 1 aromatic heterocycles. The van der Waals surface area contributed by atoms with Gasteiger partial charge < -0.3 is 5.32 Å². The Bertz CT molecular complexity index is 345. The topological polar surface area (TPSA) is 24.9 Å². The monoisotopic (exact) mass is 232 g/mol. The summed E-state index contributed by atoms with van der Waals surface area (Å²) in [7, 11) is 0. The molecule has 0 spiro atoms. The molecule has 1 aromatic rings. The number of aromatic nitrogens is 1. The molecule has 2 heteroatoms. The Labute approximate surface area is 105 Å². The molecule has 1 heterocycles. The zero-order chi connectivity index (χ0) is 12.3. The standard InChI is InChI=1S/C15H24N2/c1-12(13-7-6-10-16-11-13)17-14-8-4-5-9-15(14,2)3/h6-7,10-12,14,17H,4-5,8-9H2,1-3H3. The Balaban J connectivity index is 2.00. The highest BCUT2D eigenvalue weighted by atomic mass is 15.0. The molecule has 17 heavy (non-hydrogen) atoms. The molecule has 2 nitrogen and oxygen atoms in total. The van der Waals surface area contributed by atoms with Crippen LogP contribution in [-0.2, 0) is 0 Å². The van der Waals surface area contributed by atoms with E-state index in [0.29, 0.717) is 17.5 Å². The molecule has 1 N–H and O–H groups in total. The van der Waals surface area contributed by atoms with Crippen molar-refractivity contribution in [2.75, 3.05) is 0 Å². The fraction of sp³-hybridized carbons (Fsp3) is 0.667. The molecular weight excluding hydrogens is 208 g/mol. The zero-order valence-electron chi connectivity index (χ0n) is 11.2. The molecule has 0 bridgehead atoms. The van der Waals surface area contributed by atoms with Crippen LogP contribution in [0.15, 0.2) is 24.5 Å². The Kier molecular flexibility index (Phi) is 3.82. The first-order valence-electron chi connectivity index (χ1n) is 6.75. The molecule has 1 fully saturated rings. The van der Waals surface area contributed by atoms with Gasteiger partial charge in [-0.15, -0.1) is 0 Å². The van der Waals surface area contributed by atoms with E-state index in [1.807, 2.05) is 18.5 Å². The van der Waals surface area contributed by atoms with Gasteiger partial charge in [0.25, 0.3) is 0 Å². The van der Waals surface area contributed by atoms with E-state index in [4.69, 9.17) is 0 Å². The van der Waals surface area contributed by atoms with Crippen LogP contribution in [0.3, 0.4) is 0 Å². The molecule has 0 aromatic carbocycles. The second-order valence-corrected chi connectivity index (χ2v) is 5.96. The van der Waals surface area contributed by atoms with Crippen LogP contribution in [-0.4, -0.2) is 11.0 Å². The van der Waals surface area contributed by atoms with Crippen LogP contribution in [0.5, 0.6) is 0 Å². The summed E-state index contributed by atoms with van der Waals surface area (Å²) in [6.07, 6.45) is 9.18. The summed E-state index contributed by atoms with van der Waals surface area (Å²) < 4.78 is 0. The molecule has 0 saturated heterocycles. The van der Waals surface area contributed by atoms with Gasteiger partial charge in [-0.3, -0.25) is 4.98 Å². The van der Waals surface area contributed by atoms with Crippen molar-refractivity contribution >= 4 is 0 Å². The van der Waals surface area contributed by atoms with Crippen LogP contribution in [0.2, 0.25) is 0 Å². The van der Waals surface area contributed by atoms with Crippen molar-refractivity contribution in [3.05, 3.63) is 30.1 Å². The molecule has 2 unspecified atom stereocenters. The molecule has 0 amide bonds. The van der Waals surface area contributed by atoms with Crippen molar-refractivity contribution in [2.45, 2.75) is 58.5 Å². The van der Waals surface area contributed by atoms with Crippen LogP contribution < -0.4 is 5.32 Å². The van der Waals surface area contributed by atoms with Gasteiger partial charge in [-0.25, -0.2) is 0 Å².